The summed E-state index contributed by atoms with van der Waals surface area (Å²) < 4.78 is 24.5. The number of carbonyl (C=O) groups is 2. The first kappa shape index (κ1) is 19.1. The number of ether oxygens (including phenoxy) is 2. The van der Waals surface area contributed by atoms with Crippen LogP contribution in [0.5, 0.6) is 5.75 Å². The van der Waals surface area contributed by atoms with Crippen molar-refractivity contribution >= 4 is 29.2 Å². The maximum atomic E-state index is 13.7. The minimum Gasteiger partial charge on any atom is -0.482 e. The van der Waals surface area contributed by atoms with Gasteiger partial charge in [-0.2, -0.15) is 0 Å². The second-order valence-electron chi connectivity index (χ2n) is 6.06. The Bertz CT molecular complexity index is 860. The largest absolute Gasteiger partial charge is 0.482 e. The number of aliphatic carboxylic acids is 1. The zero-order chi connectivity index (χ0) is 19.4. The number of hydrogen-bond donors (Lipinski definition) is 2. The molecule has 142 valence electrons. The fourth-order valence-electron chi connectivity index (χ4n) is 2.92. The fraction of sp³-hybridized carbons (Fsp3) is 0.263. The predicted octanol–water partition coefficient (Wildman–Crippen LogP) is 3.66. The number of anilines is 1. The van der Waals surface area contributed by atoms with E-state index in [0.717, 1.165) is 0 Å². The number of nitrogens with one attached hydrogen (secondary N) is 1. The molecule has 8 heteroatoms. The van der Waals surface area contributed by atoms with Crippen LogP contribution in [-0.2, 0) is 14.3 Å². The number of carboxylic acid groups (broad SMARTS) is 1. The number of rotatable bonds is 6. The molecule has 2 aromatic carbocycles. The van der Waals surface area contributed by atoms with Gasteiger partial charge < -0.3 is 19.9 Å². The third kappa shape index (κ3) is 4.75. The molecule has 0 spiro atoms. The van der Waals surface area contributed by atoms with Crippen molar-refractivity contribution in [2.75, 3.05) is 18.5 Å². The molecule has 1 heterocycles. The van der Waals surface area contributed by atoms with Gasteiger partial charge in [-0.05, 0) is 36.2 Å². The number of hydrogen-bond acceptors (Lipinski definition) is 4. The molecular weight excluding hydrogens is 377 g/mol. The average Bonchev–Trinajstić information content (AvgIpc) is 3.12. The SMILES string of the molecule is O=C(O)COc1cccc(NC(=O)[C@@H]2CCO[C@H]2c2ccc(Cl)c(F)c2)c1. The highest BCUT2D eigenvalue weighted by atomic mass is 35.5. The lowest BCUT2D eigenvalue weighted by atomic mass is 9.94. The summed E-state index contributed by atoms with van der Waals surface area (Å²) in [6.07, 6.45) is -0.0705. The fourth-order valence-corrected chi connectivity index (χ4v) is 3.04. The summed E-state index contributed by atoms with van der Waals surface area (Å²) in [5.74, 6) is -2.09. The summed E-state index contributed by atoms with van der Waals surface area (Å²) in [7, 11) is 0. The van der Waals surface area contributed by atoms with E-state index in [4.69, 9.17) is 26.2 Å². The third-order valence-electron chi connectivity index (χ3n) is 4.16. The molecular formula is C19H17ClFNO5. The van der Waals surface area contributed by atoms with Gasteiger partial charge in [0.2, 0.25) is 5.91 Å². The molecule has 0 aliphatic carbocycles. The molecule has 0 saturated carbocycles. The van der Waals surface area contributed by atoms with Crippen LogP contribution >= 0.6 is 11.6 Å². The summed E-state index contributed by atoms with van der Waals surface area (Å²) in [6, 6.07) is 10.8. The van der Waals surface area contributed by atoms with Gasteiger partial charge in [0.05, 0.1) is 17.0 Å². The molecule has 1 aliphatic rings. The molecule has 0 aromatic heterocycles. The molecule has 3 rings (SSSR count). The van der Waals surface area contributed by atoms with Crippen molar-refractivity contribution in [1.82, 2.24) is 0 Å². The molecule has 6 nitrogen and oxygen atoms in total. The highest BCUT2D eigenvalue weighted by molar-refractivity contribution is 6.30. The van der Waals surface area contributed by atoms with Gasteiger partial charge in [0.1, 0.15) is 11.6 Å². The van der Waals surface area contributed by atoms with Crippen LogP contribution in [0.4, 0.5) is 10.1 Å². The van der Waals surface area contributed by atoms with Crippen LogP contribution in [0.15, 0.2) is 42.5 Å². The second-order valence-corrected chi connectivity index (χ2v) is 6.47. The number of carboxylic acids is 1. The molecule has 0 bridgehead atoms. The molecule has 2 aromatic rings. The van der Waals surface area contributed by atoms with E-state index in [1.807, 2.05) is 0 Å². The zero-order valence-electron chi connectivity index (χ0n) is 14.2. The zero-order valence-corrected chi connectivity index (χ0v) is 14.9. The number of benzene rings is 2. The maximum absolute atomic E-state index is 13.7. The van der Waals surface area contributed by atoms with E-state index in [2.05, 4.69) is 5.32 Å². The lowest BCUT2D eigenvalue weighted by Crippen LogP contribution is -2.25. The number of carbonyl (C=O) groups excluding carboxylic acids is 1. The highest BCUT2D eigenvalue weighted by Gasteiger charge is 2.35. The summed E-state index contributed by atoms with van der Waals surface area (Å²) in [5, 5.41) is 11.4. The molecule has 1 fully saturated rings. The first-order valence-corrected chi connectivity index (χ1v) is 8.64. The van der Waals surface area contributed by atoms with Gasteiger partial charge in [0.15, 0.2) is 6.61 Å². The third-order valence-corrected chi connectivity index (χ3v) is 4.47. The van der Waals surface area contributed by atoms with Gasteiger partial charge in [-0.3, -0.25) is 4.79 Å². The Labute approximate surface area is 159 Å². The first-order chi connectivity index (χ1) is 12.9. The normalized spacial score (nSPS) is 18.9. The highest BCUT2D eigenvalue weighted by Crippen LogP contribution is 2.36. The Kier molecular flexibility index (Phi) is 5.93. The number of halogens is 2. The van der Waals surface area contributed by atoms with E-state index in [1.54, 1.807) is 24.3 Å². The Morgan fingerprint density at radius 3 is 2.85 bits per heavy atom. The van der Waals surface area contributed by atoms with Gasteiger partial charge >= 0.3 is 5.97 Å². The Morgan fingerprint density at radius 2 is 2.11 bits per heavy atom. The van der Waals surface area contributed by atoms with Crippen molar-refractivity contribution in [3.8, 4) is 5.75 Å². The van der Waals surface area contributed by atoms with E-state index in [1.165, 1.54) is 18.2 Å². The van der Waals surface area contributed by atoms with Crippen molar-refractivity contribution in [3.63, 3.8) is 0 Å². The average molecular weight is 394 g/mol. The van der Waals surface area contributed by atoms with Gasteiger partial charge in [0, 0.05) is 18.4 Å². The first-order valence-electron chi connectivity index (χ1n) is 8.26. The predicted molar refractivity (Wildman–Crippen MR) is 96.4 cm³/mol. The van der Waals surface area contributed by atoms with E-state index in [9.17, 15) is 14.0 Å². The lowest BCUT2D eigenvalue weighted by molar-refractivity contribution is -0.139. The molecule has 27 heavy (non-hydrogen) atoms. The molecule has 0 unspecified atom stereocenters. The van der Waals surface area contributed by atoms with Crippen LogP contribution in [0, 0.1) is 11.7 Å². The Morgan fingerprint density at radius 1 is 1.30 bits per heavy atom. The molecule has 2 N–H and O–H groups in total. The molecule has 1 aliphatic heterocycles. The standard InChI is InChI=1S/C19H17ClFNO5/c20-15-5-4-11(8-16(15)21)18-14(6-7-26-18)19(25)22-12-2-1-3-13(9-12)27-10-17(23)24/h1-5,8-9,14,18H,6-7,10H2,(H,22,25)(H,23,24)/t14-,18+/m1/s1. The molecule has 1 saturated heterocycles. The Balaban J connectivity index is 1.70. The second kappa shape index (κ2) is 8.37. The van der Waals surface area contributed by atoms with Crippen molar-refractivity contribution < 1.29 is 28.6 Å². The minimum atomic E-state index is -1.09. The van der Waals surface area contributed by atoms with E-state index in [0.29, 0.717) is 30.0 Å². The maximum Gasteiger partial charge on any atom is 0.341 e. The van der Waals surface area contributed by atoms with Crippen molar-refractivity contribution in [1.29, 1.82) is 0 Å². The van der Waals surface area contributed by atoms with E-state index >= 15 is 0 Å². The van der Waals surface area contributed by atoms with Gasteiger partial charge in [0.25, 0.3) is 0 Å². The lowest BCUT2D eigenvalue weighted by Gasteiger charge is -2.19. The van der Waals surface area contributed by atoms with Crippen LogP contribution in [0.1, 0.15) is 18.1 Å². The van der Waals surface area contributed by atoms with Crippen LogP contribution in [0.25, 0.3) is 0 Å². The van der Waals surface area contributed by atoms with Crippen molar-refractivity contribution in [3.05, 3.63) is 58.9 Å². The summed E-state index contributed by atoms with van der Waals surface area (Å²) >= 11 is 5.71. The molecule has 1 amide bonds. The monoisotopic (exact) mass is 393 g/mol. The van der Waals surface area contributed by atoms with Crippen LogP contribution in [0.3, 0.4) is 0 Å². The molecule has 0 radical (unpaired) electrons. The summed E-state index contributed by atoms with van der Waals surface area (Å²) in [5.41, 5.74) is 1.02. The van der Waals surface area contributed by atoms with Crippen molar-refractivity contribution in [2.24, 2.45) is 5.92 Å². The Hall–Kier alpha value is -2.64. The van der Waals surface area contributed by atoms with Crippen molar-refractivity contribution in [2.45, 2.75) is 12.5 Å². The van der Waals surface area contributed by atoms with Crippen LogP contribution in [0.2, 0.25) is 5.02 Å². The number of amides is 1. The van der Waals surface area contributed by atoms with Gasteiger partial charge in [-0.25, -0.2) is 9.18 Å². The topological polar surface area (TPSA) is 84.9 Å². The summed E-state index contributed by atoms with van der Waals surface area (Å²) in [6.45, 7) is -0.0904. The summed E-state index contributed by atoms with van der Waals surface area (Å²) in [4.78, 5) is 23.3. The van der Waals surface area contributed by atoms with Crippen LogP contribution in [-0.4, -0.2) is 30.2 Å². The smallest absolute Gasteiger partial charge is 0.341 e. The minimum absolute atomic E-state index is 0.0101. The molecule has 2 atom stereocenters. The van der Waals surface area contributed by atoms with E-state index < -0.39 is 30.4 Å². The van der Waals surface area contributed by atoms with Gasteiger partial charge in [-0.1, -0.05) is 23.7 Å². The van der Waals surface area contributed by atoms with Crippen LogP contribution < -0.4 is 10.1 Å². The van der Waals surface area contributed by atoms with E-state index in [-0.39, 0.29) is 10.9 Å². The quantitative estimate of drug-likeness (QED) is 0.782. The van der Waals surface area contributed by atoms with Gasteiger partial charge in [-0.15, -0.1) is 0 Å².